The first-order valence-corrected chi connectivity index (χ1v) is 8.20. The predicted molar refractivity (Wildman–Crippen MR) is 87.1 cm³/mol. The quantitative estimate of drug-likeness (QED) is 0.708. The average Bonchev–Trinajstić information content (AvgIpc) is 3.12. The Morgan fingerprint density at radius 3 is 2.76 bits per heavy atom. The maximum atomic E-state index is 6.37. The van der Waals surface area contributed by atoms with E-state index in [9.17, 15) is 0 Å². The standard InChI is InChI=1S/C17H23ClN2O/c1-4-7-17(8-9-17)11-20-15-6-5-13(21-3)10-14(15)19-16(20)12(2)18/h5-6,10,12H,4,7-9,11H2,1-3H3. The fourth-order valence-corrected chi connectivity index (χ4v) is 3.42. The number of rotatable bonds is 6. The number of nitrogens with zero attached hydrogens (tertiary/aromatic N) is 2. The number of aromatic nitrogens is 2. The van der Waals surface area contributed by atoms with Crippen molar-refractivity contribution in [3.8, 4) is 5.75 Å². The van der Waals surface area contributed by atoms with E-state index >= 15 is 0 Å². The summed E-state index contributed by atoms with van der Waals surface area (Å²) in [5, 5.41) is -0.0826. The summed E-state index contributed by atoms with van der Waals surface area (Å²) in [6.45, 7) is 5.30. The highest BCUT2D eigenvalue weighted by Crippen LogP contribution is 2.51. The molecule has 0 radical (unpaired) electrons. The number of hydrogen-bond donors (Lipinski definition) is 0. The Morgan fingerprint density at radius 1 is 1.43 bits per heavy atom. The van der Waals surface area contributed by atoms with Crippen LogP contribution in [0.25, 0.3) is 11.0 Å². The van der Waals surface area contributed by atoms with Crippen LogP contribution in [0.1, 0.15) is 50.7 Å². The summed E-state index contributed by atoms with van der Waals surface area (Å²) in [7, 11) is 1.68. The number of methoxy groups -OCH3 is 1. The lowest BCUT2D eigenvalue weighted by molar-refractivity contribution is 0.387. The van der Waals surface area contributed by atoms with Crippen molar-refractivity contribution < 1.29 is 4.74 Å². The first kappa shape index (κ1) is 14.7. The molecular formula is C17H23ClN2O. The van der Waals surface area contributed by atoms with Crippen molar-refractivity contribution in [3.05, 3.63) is 24.0 Å². The lowest BCUT2D eigenvalue weighted by Crippen LogP contribution is -2.14. The van der Waals surface area contributed by atoms with Crippen LogP contribution < -0.4 is 4.74 Å². The van der Waals surface area contributed by atoms with Crippen molar-refractivity contribution in [1.29, 1.82) is 0 Å². The average molecular weight is 307 g/mol. The predicted octanol–water partition coefficient (Wildman–Crippen LogP) is 4.93. The van der Waals surface area contributed by atoms with Gasteiger partial charge < -0.3 is 9.30 Å². The van der Waals surface area contributed by atoms with Gasteiger partial charge in [0, 0.05) is 12.6 Å². The zero-order chi connectivity index (χ0) is 15.0. The molecule has 1 fully saturated rings. The Kier molecular flexibility index (Phi) is 3.87. The molecule has 1 saturated carbocycles. The van der Waals surface area contributed by atoms with Gasteiger partial charge in [-0.15, -0.1) is 11.6 Å². The summed E-state index contributed by atoms with van der Waals surface area (Å²) in [6, 6.07) is 6.10. The molecule has 4 heteroatoms. The van der Waals surface area contributed by atoms with E-state index in [1.165, 1.54) is 31.2 Å². The van der Waals surface area contributed by atoms with Gasteiger partial charge in [0.25, 0.3) is 0 Å². The molecule has 2 aromatic rings. The lowest BCUT2D eigenvalue weighted by Gasteiger charge is -2.18. The number of fused-ring (bicyclic) bond motifs is 1. The van der Waals surface area contributed by atoms with Crippen molar-refractivity contribution >= 4 is 22.6 Å². The molecule has 0 spiro atoms. The van der Waals surface area contributed by atoms with E-state index in [0.717, 1.165) is 23.6 Å². The largest absolute Gasteiger partial charge is 0.497 e. The van der Waals surface area contributed by atoms with Gasteiger partial charge in [0.15, 0.2) is 0 Å². The fourth-order valence-electron chi connectivity index (χ4n) is 3.25. The minimum Gasteiger partial charge on any atom is -0.497 e. The Hall–Kier alpha value is -1.22. The summed E-state index contributed by atoms with van der Waals surface area (Å²) >= 11 is 6.37. The third kappa shape index (κ3) is 2.76. The minimum absolute atomic E-state index is 0.0826. The van der Waals surface area contributed by atoms with Gasteiger partial charge in [-0.25, -0.2) is 4.98 Å². The molecule has 1 aromatic carbocycles. The normalized spacial score (nSPS) is 17.9. The van der Waals surface area contributed by atoms with Crippen LogP contribution in [-0.4, -0.2) is 16.7 Å². The molecule has 0 saturated heterocycles. The molecule has 3 nitrogen and oxygen atoms in total. The fraction of sp³-hybridized carbons (Fsp3) is 0.588. The monoisotopic (exact) mass is 306 g/mol. The van der Waals surface area contributed by atoms with E-state index in [0.29, 0.717) is 5.41 Å². The Morgan fingerprint density at radius 2 is 2.19 bits per heavy atom. The second-order valence-corrected chi connectivity index (χ2v) is 6.93. The third-order valence-electron chi connectivity index (χ3n) is 4.57. The molecule has 3 rings (SSSR count). The number of ether oxygens (including phenoxy) is 1. The smallest absolute Gasteiger partial charge is 0.127 e. The zero-order valence-electron chi connectivity index (χ0n) is 13.0. The molecule has 1 atom stereocenters. The van der Waals surface area contributed by atoms with Crippen LogP contribution in [0.4, 0.5) is 0 Å². The summed E-state index contributed by atoms with van der Waals surface area (Å²) in [5.74, 6) is 1.82. The van der Waals surface area contributed by atoms with Gasteiger partial charge in [0.2, 0.25) is 0 Å². The summed E-state index contributed by atoms with van der Waals surface area (Å²) in [5.41, 5.74) is 2.62. The van der Waals surface area contributed by atoms with Gasteiger partial charge >= 0.3 is 0 Å². The molecular weight excluding hydrogens is 284 g/mol. The molecule has 0 N–H and O–H groups in total. The summed E-state index contributed by atoms with van der Waals surface area (Å²) in [4.78, 5) is 4.74. The summed E-state index contributed by atoms with van der Waals surface area (Å²) < 4.78 is 7.63. The van der Waals surface area contributed by atoms with Gasteiger partial charge in [-0.2, -0.15) is 0 Å². The Labute approximate surface area is 131 Å². The zero-order valence-corrected chi connectivity index (χ0v) is 13.8. The van der Waals surface area contributed by atoms with Crippen molar-refractivity contribution in [2.24, 2.45) is 5.41 Å². The maximum Gasteiger partial charge on any atom is 0.127 e. The van der Waals surface area contributed by atoms with Crippen molar-refractivity contribution in [1.82, 2.24) is 9.55 Å². The molecule has 114 valence electrons. The number of halogens is 1. The maximum absolute atomic E-state index is 6.37. The highest BCUT2D eigenvalue weighted by Gasteiger charge is 2.42. The SMILES string of the molecule is CCCC1(Cn2c(C(C)Cl)nc3cc(OC)ccc32)CC1. The molecule has 0 amide bonds. The molecule has 0 aliphatic heterocycles. The van der Waals surface area contributed by atoms with Crippen LogP contribution in [0, 0.1) is 5.41 Å². The molecule has 1 aromatic heterocycles. The van der Waals surface area contributed by atoms with E-state index in [1.807, 2.05) is 19.1 Å². The van der Waals surface area contributed by atoms with Crippen LogP contribution in [0.3, 0.4) is 0 Å². The molecule has 1 unspecified atom stereocenters. The summed E-state index contributed by atoms with van der Waals surface area (Å²) in [6.07, 6.45) is 5.19. The lowest BCUT2D eigenvalue weighted by atomic mass is 10.0. The van der Waals surface area contributed by atoms with Crippen molar-refractivity contribution in [3.63, 3.8) is 0 Å². The van der Waals surface area contributed by atoms with Crippen LogP contribution in [0.2, 0.25) is 0 Å². The van der Waals surface area contributed by atoms with E-state index in [1.54, 1.807) is 7.11 Å². The number of alkyl halides is 1. The highest BCUT2D eigenvalue weighted by atomic mass is 35.5. The molecule has 1 heterocycles. The van der Waals surface area contributed by atoms with E-state index in [-0.39, 0.29) is 5.38 Å². The Bertz CT molecular complexity index is 644. The third-order valence-corrected chi connectivity index (χ3v) is 4.77. The van der Waals surface area contributed by atoms with Gasteiger partial charge in [-0.1, -0.05) is 13.3 Å². The van der Waals surface area contributed by atoms with Gasteiger partial charge in [0.1, 0.15) is 11.6 Å². The van der Waals surface area contributed by atoms with Crippen LogP contribution >= 0.6 is 11.6 Å². The van der Waals surface area contributed by atoms with Crippen LogP contribution in [0.5, 0.6) is 5.75 Å². The second kappa shape index (κ2) is 5.53. The molecule has 21 heavy (non-hydrogen) atoms. The second-order valence-electron chi connectivity index (χ2n) is 6.28. The van der Waals surface area contributed by atoms with Crippen LogP contribution in [0.15, 0.2) is 18.2 Å². The molecule has 1 aliphatic carbocycles. The Balaban J connectivity index is 2.04. The van der Waals surface area contributed by atoms with Gasteiger partial charge in [-0.05, 0) is 43.7 Å². The van der Waals surface area contributed by atoms with E-state index < -0.39 is 0 Å². The first-order valence-electron chi connectivity index (χ1n) is 7.77. The number of imidazole rings is 1. The minimum atomic E-state index is -0.0826. The highest BCUT2D eigenvalue weighted by molar-refractivity contribution is 6.20. The van der Waals surface area contributed by atoms with E-state index in [4.69, 9.17) is 21.3 Å². The number of benzene rings is 1. The van der Waals surface area contributed by atoms with Gasteiger partial charge in [0.05, 0.1) is 23.5 Å². The molecule has 1 aliphatic rings. The number of hydrogen-bond acceptors (Lipinski definition) is 2. The van der Waals surface area contributed by atoms with Crippen molar-refractivity contribution in [2.75, 3.05) is 7.11 Å². The first-order chi connectivity index (χ1) is 10.1. The molecule has 0 bridgehead atoms. The topological polar surface area (TPSA) is 27.1 Å². The van der Waals surface area contributed by atoms with E-state index in [2.05, 4.69) is 17.6 Å². The van der Waals surface area contributed by atoms with Crippen molar-refractivity contribution in [2.45, 2.75) is 51.5 Å². The van der Waals surface area contributed by atoms with Crippen LogP contribution in [-0.2, 0) is 6.54 Å². The van der Waals surface area contributed by atoms with Gasteiger partial charge in [-0.3, -0.25) is 0 Å².